The van der Waals surface area contributed by atoms with Crippen molar-refractivity contribution in [1.29, 1.82) is 0 Å². The predicted molar refractivity (Wildman–Crippen MR) is 82.5 cm³/mol. The molecule has 4 heteroatoms. The second kappa shape index (κ2) is 7.77. The third-order valence-electron chi connectivity index (χ3n) is 4.53. The number of hydrogen-bond acceptors (Lipinski definition) is 3. The second-order valence-electron chi connectivity index (χ2n) is 6.71. The van der Waals surface area contributed by atoms with Crippen LogP contribution in [0.5, 0.6) is 0 Å². The first-order chi connectivity index (χ1) is 9.66. The fourth-order valence-electron chi connectivity index (χ4n) is 3.30. The smallest absolute Gasteiger partial charge is 0.138 e. The minimum Gasteiger partial charge on any atom is -0.316 e. The molecular formula is C16H30N4. The van der Waals surface area contributed by atoms with Gasteiger partial charge in [0.05, 0.1) is 0 Å². The molecule has 2 atom stereocenters. The van der Waals surface area contributed by atoms with Gasteiger partial charge in [-0.2, -0.15) is 5.10 Å². The van der Waals surface area contributed by atoms with E-state index >= 15 is 0 Å². The zero-order chi connectivity index (χ0) is 14.4. The van der Waals surface area contributed by atoms with Crippen LogP contribution in [-0.4, -0.2) is 27.9 Å². The molecule has 1 heterocycles. The van der Waals surface area contributed by atoms with Crippen LogP contribution in [0.15, 0.2) is 6.33 Å². The van der Waals surface area contributed by atoms with E-state index in [9.17, 15) is 0 Å². The van der Waals surface area contributed by atoms with Crippen molar-refractivity contribution in [2.24, 2.45) is 24.8 Å². The molecule has 2 unspecified atom stereocenters. The van der Waals surface area contributed by atoms with Crippen molar-refractivity contribution in [3.05, 3.63) is 12.2 Å². The Hall–Kier alpha value is -0.900. The highest BCUT2D eigenvalue weighted by Gasteiger charge is 2.25. The van der Waals surface area contributed by atoms with Crippen LogP contribution in [0.25, 0.3) is 0 Å². The molecule has 0 saturated heterocycles. The Labute approximate surface area is 123 Å². The monoisotopic (exact) mass is 278 g/mol. The van der Waals surface area contributed by atoms with Crippen LogP contribution >= 0.6 is 0 Å². The minimum absolute atomic E-state index is 0.734. The lowest BCUT2D eigenvalue weighted by Gasteiger charge is -2.25. The van der Waals surface area contributed by atoms with Gasteiger partial charge in [-0.05, 0) is 43.7 Å². The van der Waals surface area contributed by atoms with Crippen molar-refractivity contribution < 1.29 is 0 Å². The average molecular weight is 278 g/mol. The quantitative estimate of drug-likeness (QED) is 0.814. The molecule has 1 aliphatic carbocycles. The van der Waals surface area contributed by atoms with Crippen LogP contribution in [0.2, 0.25) is 0 Å². The fourth-order valence-corrected chi connectivity index (χ4v) is 3.30. The van der Waals surface area contributed by atoms with Crippen molar-refractivity contribution in [3.8, 4) is 0 Å². The van der Waals surface area contributed by atoms with Gasteiger partial charge in [0.25, 0.3) is 0 Å². The van der Waals surface area contributed by atoms with E-state index < -0.39 is 0 Å². The molecule has 1 aliphatic rings. The molecule has 1 aromatic rings. The molecule has 20 heavy (non-hydrogen) atoms. The molecule has 1 N–H and O–H groups in total. The molecule has 0 bridgehead atoms. The molecule has 1 saturated carbocycles. The predicted octanol–water partition coefficient (Wildman–Crippen LogP) is 2.80. The molecule has 114 valence electrons. The third-order valence-corrected chi connectivity index (χ3v) is 4.53. The molecule has 0 aromatic carbocycles. The van der Waals surface area contributed by atoms with Gasteiger partial charge in [-0.3, -0.25) is 4.68 Å². The number of rotatable bonds is 6. The summed E-state index contributed by atoms with van der Waals surface area (Å²) in [6, 6.07) is 0. The van der Waals surface area contributed by atoms with Crippen LogP contribution in [0.1, 0.15) is 51.8 Å². The van der Waals surface area contributed by atoms with E-state index in [2.05, 4.69) is 29.2 Å². The van der Waals surface area contributed by atoms with Gasteiger partial charge >= 0.3 is 0 Å². The molecule has 0 aliphatic heterocycles. The maximum absolute atomic E-state index is 4.41. The van der Waals surface area contributed by atoms with Gasteiger partial charge in [-0.25, -0.2) is 4.98 Å². The first kappa shape index (κ1) is 15.5. The largest absolute Gasteiger partial charge is 0.316 e. The van der Waals surface area contributed by atoms with Crippen LogP contribution < -0.4 is 5.32 Å². The molecule has 0 amide bonds. The van der Waals surface area contributed by atoms with Crippen LogP contribution in [-0.2, 0) is 13.5 Å². The number of aryl methyl sites for hydroxylation is 1. The topological polar surface area (TPSA) is 42.7 Å². The highest BCUT2D eigenvalue weighted by atomic mass is 15.3. The molecule has 4 nitrogen and oxygen atoms in total. The van der Waals surface area contributed by atoms with E-state index in [1.165, 1.54) is 38.6 Å². The highest BCUT2D eigenvalue weighted by Crippen LogP contribution is 2.30. The lowest BCUT2D eigenvalue weighted by atomic mass is 9.85. The summed E-state index contributed by atoms with van der Waals surface area (Å²) in [7, 11) is 2.01. The summed E-state index contributed by atoms with van der Waals surface area (Å²) in [4.78, 5) is 4.41. The summed E-state index contributed by atoms with van der Waals surface area (Å²) in [5.41, 5.74) is 0. The number of hydrogen-bond donors (Lipinski definition) is 1. The third kappa shape index (κ3) is 4.58. The first-order valence-electron chi connectivity index (χ1n) is 8.20. The Morgan fingerprint density at radius 2 is 2.00 bits per heavy atom. The summed E-state index contributed by atoms with van der Waals surface area (Å²) in [6.45, 7) is 6.85. The SMILES string of the molecule is CC(C)CNCC1CCCCCC1Cc1ncnn1C. The number of nitrogens with one attached hydrogen (secondary N) is 1. The fraction of sp³-hybridized carbons (Fsp3) is 0.875. The Balaban J connectivity index is 1.92. The average Bonchev–Trinajstić information content (AvgIpc) is 2.67. The van der Waals surface area contributed by atoms with E-state index in [1.807, 2.05) is 11.7 Å². The number of aromatic nitrogens is 3. The van der Waals surface area contributed by atoms with E-state index in [0.717, 1.165) is 36.5 Å². The lowest BCUT2D eigenvalue weighted by molar-refractivity contribution is 0.288. The van der Waals surface area contributed by atoms with E-state index in [-0.39, 0.29) is 0 Å². The van der Waals surface area contributed by atoms with E-state index in [1.54, 1.807) is 6.33 Å². The van der Waals surface area contributed by atoms with Crippen molar-refractivity contribution in [1.82, 2.24) is 20.1 Å². The summed E-state index contributed by atoms with van der Waals surface area (Å²) in [5, 5.41) is 7.87. The molecule has 1 aromatic heterocycles. The van der Waals surface area contributed by atoms with Crippen LogP contribution in [0.3, 0.4) is 0 Å². The molecule has 0 radical (unpaired) electrons. The Kier molecular flexibility index (Phi) is 6.02. The highest BCUT2D eigenvalue weighted by molar-refractivity contribution is 4.89. The normalized spacial score (nSPS) is 24.0. The Morgan fingerprint density at radius 3 is 2.65 bits per heavy atom. The maximum atomic E-state index is 4.41. The standard InChI is InChI=1S/C16H30N4/c1-13(2)10-17-11-15-8-6-4-5-7-14(15)9-16-18-12-19-20(16)3/h12-15,17H,4-11H2,1-3H3. The molecular weight excluding hydrogens is 248 g/mol. The molecule has 2 rings (SSSR count). The van der Waals surface area contributed by atoms with Crippen LogP contribution in [0, 0.1) is 17.8 Å². The van der Waals surface area contributed by atoms with E-state index in [0.29, 0.717) is 0 Å². The van der Waals surface area contributed by atoms with Crippen molar-refractivity contribution in [3.63, 3.8) is 0 Å². The summed E-state index contributed by atoms with van der Waals surface area (Å²) in [5.74, 6) is 3.44. The van der Waals surface area contributed by atoms with Gasteiger partial charge in [-0.15, -0.1) is 0 Å². The van der Waals surface area contributed by atoms with Crippen molar-refractivity contribution in [2.45, 2.75) is 52.4 Å². The minimum atomic E-state index is 0.734. The number of nitrogens with zero attached hydrogens (tertiary/aromatic N) is 3. The van der Waals surface area contributed by atoms with E-state index in [4.69, 9.17) is 0 Å². The van der Waals surface area contributed by atoms with Gasteiger partial charge < -0.3 is 5.32 Å². The molecule has 1 fully saturated rings. The second-order valence-corrected chi connectivity index (χ2v) is 6.71. The van der Waals surface area contributed by atoms with Gasteiger partial charge in [0.2, 0.25) is 0 Å². The van der Waals surface area contributed by atoms with Gasteiger partial charge in [-0.1, -0.05) is 33.1 Å². The van der Waals surface area contributed by atoms with Gasteiger partial charge in [0, 0.05) is 13.5 Å². The Bertz CT molecular complexity index is 386. The first-order valence-corrected chi connectivity index (χ1v) is 8.20. The maximum Gasteiger partial charge on any atom is 0.138 e. The zero-order valence-electron chi connectivity index (χ0n) is 13.3. The Morgan fingerprint density at radius 1 is 1.25 bits per heavy atom. The summed E-state index contributed by atoms with van der Waals surface area (Å²) >= 11 is 0. The summed E-state index contributed by atoms with van der Waals surface area (Å²) < 4.78 is 1.93. The summed E-state index contributed by atoms with van der Waals surface area (Å²) in [6.07, 6.45) is 9.65. The van der Waals surface area contributed by atoms with Gasteiger partial charge in [0.1, 0.15) is 12.2 Å². The van der Waals surface area contributed by atoms with Crippen LogP contribution in [0.4, 0.5) is 0 Å². The molecule has 0 spiro atoms. The van der Waals surface area contributed by atoms with Gasteiger partial charge in [0.15, 0.2) is 0 Å². The van der Waals surface area contributed by atoms with Crippen molar-refractivity contribution in [2.75, 3.05) is 13.1 Å². The lowest BCUT2D eigenvalue weighted by Crippen LogP contribution is -2.31. The van der Waals surface area contributed by atoms with Crippen molar-refractivity contribution >= 4 is 0 Å². The zero-order valence-corrected chi connectivity index (χ0v) is 13.3.